The molecule has 3 heterocycles. The number of nitrogens with zero attached hydrogens (tertiary/aromatic N) is 4. The highest BCUT2D eigenvalue weighted by molar-refractivity contribution is 5.80. The molecule has 0 atom stereocenters. The molecule has 0 radical (unpaired) electrons. The van der Waals surface area contributed by atoms with Gasteiger partial charge in [0.05, 0.1) is 17.4 Å². The highest BCUT2D eigenvalue weighted by Gasteiger charge is 2.16. The Hall–Kier alpha value is -3.03. The monoisotopic (exact) mass is 286 g/mol. The third-order valence-corrected chi connectivity index (χ3v) is 3.14. The van der Waals surface area contributed by atoms with E-state index >= 15 is 0 Å². The number of rotatable bonds is 3. The lowest BCUT2D eigenvalue weighted by molar-refractivity contribution is -0.739. The standard InChI is InChI=1S/C13H11N5O3/c1-8-6-17(12-11(8)13(19)16-7-15-12)9-3-4-10(14-5-9)18(20)21-2/h3-7H,1-2H3/p+1. The summed E-state index contributed by atoms with van der Waals surface area (Å²) in [5.41, 5.74) is 1.85. The van der Waals surface area contributed by atoms with Crippen LogP contribution in [-0.2, 0) is 4.84 Å². The summed E-state index contributed by atoms with van der Waals surface area (Å²) in [6, 6.07) is 3.23. The maximum absolute atomic E-state index is 11.8. The third-order valence-electron chi connectivity index (χ3n) is 3.14. The number of H-pyrrole nitrogens is 1. The van der Waals surface area contributed by atoms with Crippen molar-refractivity contribution >= 4 is 16.9 Å². The number of hydrogen-bond acceptors (Lipinski definition) is 5. The first kappa shape index (κ1) is 13.0. The van der Waals surface area contributed by atoms with E-state index in [1.165, 1.54) is 25.7 Å². The average Bonchev–Trinajstić information content (AvgIpc) is 2.85. The molecule has 1 N–H and O–H groups in total. The molecule has 0 aliphatic rings. The zero-order chi connectivity index (χ0) is 15.0. The van der Waals surface area contributed by atoms with E-state index in [1.807, 2.05) is 6.92 Å². The highest BCUT2D eigenvalue weighted by Crippen LogP contribution is 2.20. The Morgan fingerprint density at radius 1 is 1.33 bits per heavy atom. The molecule has 106 valence electrons. The van der Waals surface area contributed by atoms with Crippen molar-refractivity contribution in [1.82, 2.24) is 19.5 Å². The van der Waals surface area contributed by atoms with Crippen LogP contribution in [0, 0.1) is 11.8 Å². The summed E-state index contributed by atoms with van der Waals surface area (Å²) in [6.45, 7) is 1.84. The van der Waals surface area contributed by atoms with Gasteiger partial charge in [-0.2, -0.15) is 0 Å². The molecule has 0 aliphatic carbocycles. The van der Waals surface area contributed by atoms with Gasteiger partial charge in [-0.25, -0.2) is 4.98 Å². The molecule has 0 saturated carbocycles. The number of nitrogens with one attached hydrogen (secondary N) is 1. The predicted octanol–water partition coefficient (Wildman–Crippen LogP) is 1.39. The van der Waals surface area contributed by atoms with Gasteiger partial charge in [-0.15, -0.1) is 0 Å². The zero-order valence-corrected chi connectivity index (χ0v) is 11.4. The molecule has 3 aromatic rings. The molecule has 8 nitrogen and oxygen atoms in total. The van der Waals surface area contributed by atoms with Crippen LogP contribution in [-0.4, -0.2) is 31.6 Å². The van der Waals surface area contributed by atoms with E-state index in [0.29, 0.717) is 21.6 Å². The van der Waals surface area contributed by atoms with Gasteiger partial charge in [0.1, 0.15) is 7.11 Å². The second-order valence-electron chi connectivity index (χ2n) is 4.43. The van der Waals surface area contributed by atoms with Crippen LogP contribution in [0.15, 0.2) is 35.6 Å². The van der Waals surface area contributed by atoms with Crippen LogP contribution >= 0.6 is 0 Å². The zero-order valence-electron chi connectivity index (χ0n) is 11.4. The molecule has 21 heavy (non-hydrogen) atoms. The molecule has 0 aromatic carbocycles. The molecule has 3 rings (SSSR count). The maximum Gasteiger partial charge on any atom is 0.408 e. The molecule has 0 saturated heterocycles. The van der Waals surface area contributed by atoms with E-state index in [0.717, 1.165) is 5.56 Å². The van der Waals surface area contributed by atoms with Crippen LogP contribution in [0.25, 0.3) is 16.7 Å². The minimum atomic E-state index is -0.189. The lowest BCUT2D eigenvalue weighted by Gasteiger charge is -2.01. The lowest BCUT2D eigenvalue weighted by Crippen LogP contribution is -2.07. The maximum atomic E-state index is 11.8. The lowest BCUT2D eigenvalue weighted by atomic mass is 10.3. The van der Waals surface area contributed by atoms with Crippen LogP contribution < -0.4 is 5.56 Å². The quantitative estimate of drug-likeness (QED) is 0.734. The number of aromatic amines is 1. The highest BCUT2D eigenvalue weighted by atomic mass is 16.8. The van der Waals surface area contributed by atoms with E-state index in [2.05, 4.69) is 19.8 Å². The summed E-state index contributed by atoms with van der Waals surface area (Å²) in [5.74, 6) is 0.139. The summed E-state index contributed by atoms with van der Waals surface area (Å²) in [5, 5.41) is 0.531. The molecule has 0 spiro atoms. The Labute approximate surface area is 118 Å². The molecule has 0 bridgehead atoms. The number of hydrogen-bond donors (Lipinski definition) is 1. The van der Waals surface area contributed by atoms with Crippen LogP contribution in [0.3, 0.4) is 0 Å². The van der Waals surface area contributed by atoms with Crippen molar-refractivity contribution in [3.05, 3.63) is 51.7 Å². The van der Waals surface area contributed by atoms with E-state index in [4.69, 9.17) is 0 Å². The summed E-state index contributed by atoms with van der Waals surface area (Å²) in [6.07, 6.45) is 4.67. The molecular weight excluding hydrogens is 274 g/mol. The molecule has 3 aromatic heterocycles. The van der Waals surface area contributed by atoms with E-state index < -0.39 is 0 Å². The molecular formula is C13H12N5O3+. The summed E-state index contributed by atoms with van der Waals surface area (Å²) >= 11 is 0. The van der Waals surface area contributed by atoms with Crippen LogP contribution in [0.5, 0.6) is 0 Å². The van der Waals surface area contributed by atoms with Gasteiger partial charge in [-0.05, 0) is 28.4 Å². The second kappa shape index (κ2) is 4.82. The Balaban J connectivity index is 2.15. The fourth-order valence-electron chi connectivity index (χ4n) is 2.17. The number of aromatic nitrogens is 4. The van der Waals surface area contributed by atoms with Crippen molar-refractivity contribution in [3.63, 3.8) is 0 Å². The number of fused-ring (bicyclic) bond motifs is 1. The predicted molar refractivity (Wildman–Crippen MR) is 74.5 cm³/mol. The van der Waals surface area contributed by atoms with Crippen molar-refractivity contribution in [2.24, 2.45) is 0 Å². The van der Waals surface area contributed by atoms with Gasteiger partial charge in [0.2, 0.25) is 0 Å². The van der Waals surface area contributed by atoms with Gasteiger partial charge >= 0.3 is 5.82 Å². The molecule has 0 aliphatic heterocycles. The van der Waals surface area contributed by atoms with Gasteiger partial charge in [0.25, 0.3) is 5.56 Å². The fourth-order valence-corrected chi connectivity index (χ4v) is 2.17. The first-order valence-electron chi connectivity index (χ1n) is 6.15. The van der Waals surface area contributed by atoms with E-state index in [-0.39, 0.29) is 11.4 Å². The minimum Gasteiger partial charge on any atom is -0.312 e. The van der Waals surface area contributed by atoms with Gasteiger partial charge in [0.15, 0.2) is 16.8 Å². The van der Waals surface area contributed by atoms with Gasteiger partial charge in [-0.1, -0.05) is 0 Å². The van der Waals surface area contributed by atoms with Gasteiger partial charge < -0.3 is 9.82 Å². The molecule has 0 amide bonds. The Morgan fingerprint density at radius 2 is 2.14 bits per heavy atom. The van der Waals surface area contributed by atoms with Crippen LogP contribution in [0.2, 0.25) is 0 Å². The fraction of sp³-hybridized carbons (Fsp3) is 0.154. The van der Waals surface area contributed by atoms with E-state index in [9.17, 15) is 9.70 Å². The topological polar surface area (TPSA) is 92.9 Å². The van der Waals surface area contributed by atoms with Crippen molar-refractivity contribution < 1.29 is 9.76 Å². The molecule has 0 fully saturated rings. The first-order valence-corrected chi connectivity index (χ1v) is 6.15. The molecule has 0 unspecified atom stereocenters. The number of pyridine rings is 1. The smallest absolute Gasteiger partial charge is 0.312 e. The number of aryl methyl sites for hydroxylation is 1. The summed E-state index contributed by atoms with van der Waals surface area (Å²) < 4.78 is 1.75. The normalized spacial score (nSPS) is 10.8. The van der Waals surface area contributed by atoms with Crippen LogP contribution in [0.1, 0.15) is 5.56 Å². The third kappa shape index (κ3) is 2.06. The average molecular weight is 286 g/mol. The molecule has 8 heteroatoms. The van der Waals surface area contributed by atoms with E-state index in [1.54, 1.807) is 16.8 Å². The summed E-state index contributed by atoms with van der Waals surface area (Å²) in [7, 11) is 1.27. The Kier molecular flexibility index (Phi) is 2.98. The Morgan fingerprint density at radius 3 is 2.81 bits per heavy atom. The van der Waals surface area contributed by atoms with Crippen molar-refractivity contribution in [1.29, 1.82) is 0 Å². The van der Waals surface area contributed by atoms with Crippen molar-refractivity contribution in [2.75, 3.05) is 7.11 Å². The summed E-state index contributed by atoms with van der Waals surface area (Å²) in [4.78, 5) is 38.7. The van der Waals surface area contributed by atoms with Crippen LogP contribution in [0.4, 0.5) is 5.82 Å². The van der Waals surface area contributed by atoms with Gasteiger partial charge in [0, 0.05) is 12.3 Å². The Bertz CT molecular complexity index is 879. The first-order chi connectivity index (χ1) is 10.1. The van der Waals surface area contributed by atoms with Crippen molar-refractivity contribution in [3.8, 4) is 5.69 Å². The minimum absolute atomic E-state index is 0.139. The largest absolute Gasteiger partial charge is 0.408 e. The van der Waals surface area contributed by atoms with Crippen molar-refractivity contribution in [2.45, 2.75) is 6.92 Å². The van der Waals surface area contributed by atoms with Gasteiger partial charge in [-0.3, -0.25) is 9.36 Å². The SMILES string of the molecule is CO[N+](=O)c1ccc(-n2cc(C)c3c(=O)[nH]cnc32)cn1. The second-order valence-corrected chi connectivity index (χ2v) is 4.43.